The van der Waals surface area contributed by atoms with Gasteiger partial charge in [0.15, 0.2) is 5.65 Å². The molecule has 7 heteroatoms. The number of benzene rings is 1. The Morgan fingerprint density at radius 2 is 2.00 bits per heavy atom. The number of halogens is 2. The Labute approximate surface area is 155 Å². The third-order valence-corrected chi connectivity index (χ3v) is 4.56. The number of ether oxygens (including phenoxy) is 1. The molecule has 0 saturated carbocycles. The van der Waals surface area contributed by atoms with Crippen molar-refractivity contribution in [3.05, 3.63) is 56.6 Å². The maximum atomic E-state index is 12.6. The van der Waals surface area contributed by atoms with Gasteiger partial charge in [-0.3, -0.25) is 9.36 Å². The van der Waals surface area contributed by atoms with Crippen molar-refractivity contribution in [3.63, 3.8) is 0 Å². The average molecular weight is 378 g/mol. The normalized spacial score (nSPS) is 12.5. The van der Waals surface area contributed by atoms with E-state index in [9.17, 15) is 4.79 Å². The fraction of sp³-hybridized carbons (Fsp3) is 0.278. The first-order valence-corrected chi connectivity index (χ1v) is 8.52. The third kappa shape index (κ3) is 3.27. The molecule has 0 spiro atoms. The highest BCUT2D eigenvalue weighted by atomic mass is 35.5. The van der Waals surface area contributed by atoms with Gasteiger partial charge in [0.05, 0.1) is 12.6 Å². The molecule has 2 heterocycles. The Bertz CT molecular complexity index is 1000. The molecular formula is C18H17Cl2N3O2. The first kappa shape index (κ1) is 17.9. The molecule has 0 saturated heterocycles. The van der Waals surface area contributed by atoms with Crippen LogP contribution in [0.3, 0.4) is 0 Å². The number of fused-ring (bicyclic) bond motifs is 1. The fourth-order valence-corrected chi connectivity index (χ4v) is 3.38. The van der Waals surface area contributed by atoms with Gasteiger partial charge in [0, 0.05) is 34.5 Å². The second kappa shape index (κ2) is 7.12. The van der Waals surface area contributed by atoms with Crippen LogP contribution in [-0.2, 0) is 4.74 Å². The van der Waals surface area contributed by atoms with Crippen LogP contribution in [0.4, 0.5) is 0 Å². The number of aryl methyl sites for hydroxylation is 1. The third-order valence-electron chi connectivity index (χ3n) is 4.01. The lowest BCUT2D eigenvalue weighted by molar-refractivity contribution is 0.162. The molecule has 0 aliphatic rings. The minimum atomic E-state index is -0.177. The van der Waals surface area contributed by atoms with E-state index in [1.54, 1.807) is 36.9 Å². The van der Waals surface area contributed by atoms with Crippen LogP contribution >= 0.6 is 23.2 Å². The van der Waals surface area contributed by atoms with Crippen molar-refractivity contribution < 1.29 is 4.74 Å². The second-order valence-corrected chi connectivity index (χ2v) is 6.68. The smallest absolute Gasteiger partial charge is 0.273 e. The molecule has 0 aliphatic heterocycles. The van der Waals surface area contributed by atoms with Crippen molar-refractivity contribution in [1.29, 1.82) is 0 Å². The lowest BCUT2D eigenvalue weighted by Crippen LogP contribution is -2.29. The van der Waals surface area contributed by atoms with Gasteiger partial charge < -0.3 is 4.74 Å². The van der Waals surface area contributed by atoms with E-state index in [4.69, 9.17) is 27.9 Å². The topological polar surface area (TPSA) is 57.0 Å². The van der Waals surface area contributed by atoms with Crippen LogP contribution in [0.2, 0.25) is 10.0 Å². The fourth-order valence-electron chi connectivity index (χ4n) is 2.87. The van der Waals surface area contributed by atoms with E-state index in [0.29, 0.717) is 33.5 Å². The predicted molar refractivity (Wildman–Crippen MR) is 101 cm³/mol. The Morgan fingerprint density at radius 3 is 2.68 bits per heavy atom. The van der Waals surface area contributed by atoms with Gasteiger partial charge in [0.2, 0.25) is 0 Å². The Kier molecular flexibility index (Phi) is 5.08. The average Bonchev–Trinajstić information content (AvgIpc) is 2.56. The van der Waals surface area contributed by atoms with E-state index in [1.165, 1.54) is 0 Å². The molecule has 130 valence electrons. The summed E-state index contributed by atoms with van der Waals surface area (Å²) >= 11 is 12.4. The van der Waals surface area contributed by atoms with Gasteiger partial charge in [-0.15, -0.1) is 0 Å². The van der Waals surface area contributed by atoms with Gasteiger partial charge in [-0.2, -0.15) is 0 Å². The van der Waals surface area contributed by atoms with E-state index in [1.807, 2.05) is 19.1 Å². The maximum Gasteiger partial charge on any atom is 0.273 e. The Morgan fingerprint density at radius 1 is 1.24 bits per heavy atom. The molecule has 0 aliphatic carbocycles. The minimum Gasteiger partial charge on any atom is -0.383 e. The van der Waals surface area contributed by atoms with Crippen molar-refractivity contribution >= 4 is 34.4 Å². The van der Waals surface area contributed by atoms with Crippen LogP contribution < -0.4 is 5.56 Å². The first-order chi connectivity index (χ1) is 11.9. The molecule has 25 heavy (non-hydrogen) atoms. The van der Waals surface area contributed by atoms with Crippen molar-refractivity contribution in [3.8, 4) is 11.1 Å². The zero-order chi connectivity index (χ0) is 18.1. The summed E-state index contributed by atoms with van der Waals surface area (Å²) in [5.41, 5.74) is 2.93. The Balaban J connectivity index is 2.35. The molecule has 5 nitrogen and oxygen atoms in total. The molecule has 0 radical (unpaired) electrons. The molecule has 0 fully saturated rings. The van der Waals surface area contributed by atoms with E-state index >= 15 is 0 Å². The zero-order valence-electron chi connectivity index (χ0n) is 14.1. The molecule has 2 aromatic heterocycles. The number of hydrogen-bond donors (Lipinski definition) is 0. The number of rotatable bonds is 4. The van der Waals surface area contributed by atoms with Crippen LogP contribution in [0.25, 0.3) is 22.3 Å². The van der Waals surface area contributed by atoms with Crippen LogP contribution in [-0.4, -0.2) is 28.3 Å². The molecule has 1 atom stereocenters. The Hall–Kier alpha value is -1.95. The van der Waals surface area contributed by atoms with Gasteiger partial charge in [-0.1, -0.05) is 29.3 Å². The van der Waals surface area contributed by atoms with Gasteiger partial charge in [-0.05, 0) is 32.0 Å². The number of pyridine rings is 1. The molecule has 3 rings (SSSR count). The van der Waals surface area contributed by atoms with Crippen molar-refractivity contribution in [1.82, 2.24) is 14.5 Å². The summed E-state index contributed by atoms with van der Waals surface area (Å²) in [6.07, 6.45) is 1.65. The van der Waals surface area contributed by atoms with Crippen molar-refractivity contribution in [2.24, 2.45) is 0 Å². The predicted octanol–water partition coefficient (Wildman–Crippen LogP) is 4.28. The maximum absolute atomic E-state index is 12.6. The molecule has 1 aromatic carbocycles. The highest BCUT2D eigenvalue weighted by molar-refractivity contribution is 6.36. The molecule has 0 unspecified atom stereocenters. The highest BCUT2D eigenvalue weighted by Gasteiger charge is 2.18. The van der Waals surface area contributed by atoms with Crippen LogP contribution in [0, 0.1) is 6.92 Å². The highest BCUT2D eigenvalue weighted by Crippen LogP contribution is 2.33. The zero-order valence-corrected chi connectivity index (χ0v) is 15.6. The van der Waals surface area contributed by atoms with E-state index in [2.05, 4.69) is 9.97 Å². The van der Waals surface area contributed by atoms with Crippen LogP contribution in [0.1, 0.15) is 18.7 Å². The number of aromatic nitrogens is 3. The monoisotopic (exact) mass is 377 g/mol. The second-order valence-electron chi connectivity index (χ2n) is 5.83. The summed E-state index contributed by atoms with van der Waals surface area (Å²) in [5, 5.41) is 1.07. The van der Waals surface area contributed by atoms with Crippen LogP contribution in [0.15, 0.2) is 35.3 Å². The van der Waals surface area contributed by atoms with E-state index in [0.717, 1.165) is 11.1 Å². The number of methoxy groups -OCH3 is 1. The van der Waals surface area contributed by atoms with Gasteiger partial charge in [-0.25, -0.2) is 9.97 Å². The molecule has 3 aromatic rings. The lowest BCUT2D eigenvalue weighted by atomic mass is 10.1. The largest absolute Gasteiger partial charge is 0.383 e. The summed E-state index contributed by atoms with van der Waals surface area (Å²) in [5.74, 6) is 0. The lowest BCUT2D eigenvalue weighted by Gasteiger charge is -2.18. The van der Waals surface area contributed by atoms with Crippen LogP contribution in [0.5, 0.6) is 0 Å². The van der Waals surface area contributed by atoms with Gasteiger partial charge in [0.25, 0.3) is 5.56 Å². The quantitative estimate of drug-likeness (QED) is 0.680. The first-order valence-electron chi connectivity index (χ1n) is 7.76. The molecule has 0 amide bonds. The summed E-state index contributed by atoms with van der Waals surface area (Å²) in [7, 11) is 1.60. The van der Waals surface area contributed by atoms with Crippen molar-refractivity contribution in [2.45, 2.75) is 19.9 Å². The SMILES string of the molecule is COC[C@@H](C)n1c(=O)c(C)nc2c(-c3ccc(Cl)cc3Cl)ccnc21. The van der Waals surface area contributed by atoms with E-state index in [-0.39, 0.29) is 11.6 Å². The van der Waals surface area contributed by atoms with Crippen molar-refractivity contribution in [2.75, 3.05) is 13.7 Å². The summed E-state index contributed by atoms with van der Waals surface area (Å²) in [4.78, 5) is 21.5. The van der Waals surface area contributed by atoms with Gasteiger partial charge >= 0.3 is 0 Å². The summed E-state index contributed by atoms with van der Waals surface area (Å²) in [6.45, 7) is 4.00. The number of nitrogens with zero attached hydrogens (tertiary/aromatic N) is 3. The number of hydrogen-bond acceptors (Lipinski definition) is 4. The minimum absolute atomic E-state index is 0.176. The summed E-state index contributed by atoms with van der Waals surface area (Å²) < 4.78 is 6.82. The molecular weight excluding hydrogens is 361 g/mol. The standard InChI is InChI=1S/C18H17Cl2N3O2/c1-10(9-25-3)23-17-16(22-11(2)18(23)24)14(6-7-21-17)13-5-4-12(19)8-15(13)20/h4-8,10H,9H2,1-3H3/t10-/m1/s1. The van der Waals surface area contributed by atoms with Gasteiger partial charge in [0.1, 0.15) is 11.2 Å². The summed E-state index contributed by atoms with van der Waals surface area (Å²) in [6, 6.07) is 6.95. The van der Waals surface area contributed by atoms with E-state index < -0.39 is 0 Å². The molecule has 0 bridgehead atoms. The molecule has 0 N–H and O–H groups in total.